The van der Waals surface area contributed by atoms with Crippen molar-refractivity contribution in [3.05, 3.63) is 0 Å². The summed E-state index contributed by atoms with van der Waals surface area (Å²) in [5.74, 6) is 0. The van der Waals surface area contributed by atoms with Crippen LogP contribution in [0.25, 0.3) is 0 Å². The minimum atomic E-state index is -5.61. The summed E-state index contributed by atoms with van der Waals surface area (Å²) in [5.41, 5.74) is 0. The minimum absolute atomic E-state index is 0. The third-order valence-corrected chi connectivity index (χ3v) is 0. The molecule has 13 heteroatoms. The molecule has 0 saturated heterocycles. The maximum absolute atomic E-state index is 8.58. The fourth-order valence-corrected chi connectivity index (χ4v) is 0. The van der Waals surface area contributed by atoms with Crippen molar-refractivity contribution >= 4 is 112 Å². The molecule has 0 aromatic rings. The molecule has 0 aliphatic carbocycles. The van der Waals surface area contributed by atoms with Gasteiger partial charge in [-0.3, -0.25) is 0 Å². The molecule has 13 heavy (non-hydrogen) atoms. The van der Waals surface area contributed by atoms with Crippen molar-refractivity contribution in [3.8, 4) is 0 Å². The van der Waals surface area contributed by atoms with E-state index in [1.54, 1.807) is 0 Å². The first-order valence-corrected chi connectivity index (χ1v) is 4.90. The summed E-state index contributed by atoms with van der Waals surface area (Å²) in [6.07, 6.45) is 0. The molecule has 0 atom stereocenters. The molecule has 0 aromatic carbocycles. The fraction of sp³-hybridized carbons (Fsp3) is 0. The summed E-state index contributed by atoms with van der Waals surface area (Å²) in [7, 11) is -11.2. The van der Waals surface area contributed by atoms with Crippen molar-refractivity contribution < 1.29 is 60.1 Å². The molecule has 0 aliphatic heterocycles. The van der Waals surface area contributed by atoms with Gasteiger partial charge in [-0.15, -0.1) is 0 Å². The first-order valence-electron chi connectivity index (χ1n) is 1.63. The molecule has 0 spiro atoms. The van der Waals surface area contributed by atoms with Crippen LogP contribution in [0.4, 0.5) is 0 Å². The van der Waals surface area contributed by atoms with E-state index >= 15 is 0 Å². The summed E-state index contributed by atoms with van der Waals surface area (Å²) >= 11 is 0. The second-order valence-corrected chi connectivity index (χ2v) is 3.00. The van der Waals surface area contributed by atoms with Crippen LogP contribution >= 0.6 is 0 Å². The molecule has 0 saturated carbocycles. The molecule has 0 aromatic heterocycles. The van der Waals surface area contributed by atoms with E-state index in [0.29, 0.717) is 0 Å². The molecule has 0 N–H and O–H groups in total. The Hall–Kier alpha value is 3.88. The molecular formula is BaO8Si2SrTi. The Bertz CT molecular complexity index is 65.1. The Morgan fingerprint density at radius 3 is 0.538 bits per heavy atom. The van der Waals surface area contributed by atoms with Gasteiger partial charge in [-0.25, -0.2) is 0 Å². The Labute approximate surface area is 168 Å². The fourth-order valence-electron chi connectivity index (χ4n) is 0. The molecular weight excluding hydrogens is 457 g/mol. The summed E-state index contributed by atoms with van der Waals surface area (Å²) in [6, 6.07) is 0. The van der Waals surface area contributed by atoms with Crippen molar-refractivity contribution in [1.82, 2.24) is 0 Å². The smallest absolute Gasteiger partial charge is 0.894 e. The van der Waals surface area contributed by atoms with Gasteiger partial charge >= 0.3 is 116 Å². The van der Waals surface area contributed by atoms with E-state index in [1.807, 2.05) is 0 Å². The largest absolute Gasteiger partial charge is 4.00 e. The van der Waals surface area contributed by atoms with E-state index in [2.05, 4.69) is 0 Å². The van der Waals surface area contributed by atoms with Crippen molar-refractivity contribution in [3.63, 3.8) is 0 Å². The Morgan fingerprint density at radius 1 is 0.538 bits per heavy atom. The van der Waals surface area contributed by atoms with Crippen LogP contribution in [0.3, 0.4) is 0 Å². The van der Waals surface area contributed by atoms with Crippen LogP contribution in [-0.4, -0.2) is 112 Å². The van der Waals surface area contributed by atoms with Crippen LogP contribution in [-0.2, 0) is 21.7 Å². The number of hydrogen-bond donors (Lipinski definition) is 0. The van der Waals surface area contributed by atoms with Crippen molar-refractivity contribution in [2.75, 3.05) is 0 Å². The molecule has 0 unspecified atom stereocenters. The van der Waals surface area contributed by atoms with Gasteiger partial charge in [0, 0.05) is 0 Å². The van der Waals surface area contributed by atoms with Gasteiger partial charge in [0.25, 0.3) is 0 Å². The van der Waals surface area contributed by atoms with Crippen LogP contribution in [0.15, 0.2) is 0 Å². The van der Waals surface area contributed by atoms with Crippen molar-refractivity contribution in [2.24, 2.45) is 0 Å². The van der Waals surface area contributed by atoms with E-state index < -0.39 is 18.1 Å². The molecule has 0 heterocycles. The summed E-state index contributed by atoms with van der Waals surface area (Å²) in [5, 5.41) is 0. The van der Waals surface area contributed by atoms with Gasteiger partial charge in [-0.2, -0.15) is 0 Å². The molecule has 0 amide bonds. The molecule has 0 bridgehead atoms. The Morgan fingerprint density at radius 2 is 0.538 bits per heavy atom. The average molecular weight is 457 g/mol. The van der Waals surface area contributed by atoms with E-state index in [4.69, 9.17) is 38.4 Å². The molecule has 64 valence electrons. The third-order valence-electron chi connectivity index (χ3n) is 0. The monoisotopic (exact) mass is 458 g/mol. The molecule has 8 nitrogen and oxygen atoms in total. The number of hydrogen-bond acceptors (Lipinski definition) is 8. The van der Waals surface area contributed by atoms with E-state index in [0.717, 1.165) is 0 Å². The maximum atomic E-state index is 8.58. The zero-order chi connectivity index (χ0) is 9.00. The van der Waals surface area contributed by atoms with Crippen LogP contribution < -0.4 is 38.4 Å². The van der Waals surface area contributed by atoms with Crippen LogP contribution in [0, 0.1) is 0 Å². The van der Waals surface area contributed by atoms with E-state index in [9.17, 15) is 0 Å². The van der Waals surface area contributed by atoms with Gasteiger partial charge in [0.05, 0.1) is 0 Å². The first kappa shape index (κ1) is 30.2. The minimum Gasteiger partial charge on any atom is -0.894 e. The quantitative estimate of drug-likeness (QED) is 0.321. The second kappa shape index (κ2) is 13.9. The predicted octanol–water partition coefficient (Wildman–Crippen LogP) is -11.0. The van der Waals surface area contributed by atoms with Gasteiger partial charge in [-0.05, 0) is 0 Å². The first-order chi connectivity index (χ1) is 4.00. The maximum Gasteiger partial charge on any atom is 4.00 e. The van der Waals surface area contributed by atoms with E-state index in [-0.39, 0.29) is 116 Å². The van der Waals surface area contributed by atoms with Gasteiger partial charge in [0.2, 0.25) is 0 Å². The number of rotatable bonds is 0. The van der Waals surface area contributed by atoms with Crippen molar-refractivity contribution in [1.29, 1.82) is 0 Å². The van der Waals surface area contributed by atoms with Crippen LogP contribution in [0.1, 0.15) is 0 Å². The topological polar surface area (TPSA) is 184 Å². The van der Waals surface area contributed by atoms with Crippen LogP contribution in [0.5, 0.6) is 0 Å². The molecule has 0 fully saturated rings. The normalized spacial score (nSPS) is 9.23. The molecule has 0 radical (unpaired) electrons. The summed E-state index contributed by atoms with van der Waals surface area (Å²) in [6.45, 7) is 0. The van der Waals surface area contributed by atoms with Gasteiger partial charge < -0.3 is 56.5 Å². The zero-order valence-electron chi connectivity index (χ0n) is 6.18. The van der Waals surface area contributed by atoms with E-state index in [1.165, 1.54) is 0 Å². The van der Waals surface area contributed by atoms with Crippen LogP contribution in [0.2, 0.25) is 0 Å². The zero-order valence-corrected chi connectivity index (χ0v) is 17.7. The average Bonchev–Trinajstić information content (AvgIpc) is 1.12. The SMILES string of the molecule is [Ba+2].[O-][Si]([O-])([O-])[O-].[O-][Si]([O-])([O-])[O-].[Sr+2].[Ti+4]. The third kappa shape index (κ3) is 203. The summed E-state index contributed by atoms with van der Waals surface area (Å²) < 4.78 is 0. The van der Waals surface area contributed by atoms with Gasteiger partial charge in [0.15, 0.2) is 0 Å². The molecule has 0 rings (SSSR count). The van der Waals surface area contributed by atoms with Gasteiger partial charge in [-0.1, -0.05) is 0 Å². The van der Waals surface area contributed by atoms with Gasteiger partial charge in [0.1, 0.15) is 0 Å². The van der Waals surface area contributed by atoms with Crippen molar-refractivity contribution in [2.45, 2.75) is 0 Å². The molecule has 0 aliphatic rings. The summed E-state index contributed by atoms with van der Waals surface area (Å²) in [4.78, 5) is 68.6. The predicted molar refractivity (Wildman–Crippen MR) is 23.0 cm³/mol. The Kier molecular flexibility index (Phi) is 32.3. The second-order valence-electron chi connectivity index (χ2n) is 1.00. The standard InChI is InChI=1S/Ba.2O4Si.Sr.Ti/c;2*1-5(2,3)4;;/q+2;2*-4;+2;+4. The Balaban J connectivity index is -0.0000000267.